The molecule has 0 bridgehead atoms. The van der Waals surface area contributed by atoms with Gasteiger partial charge in [0.1, 0.15) is 5.75 Å². The quantitative estimate of drug-likeness (QED) is 0.374. The van der Waals surface area contributed by atoms with Gasteiger partial charge in [0.25, 0.3) is 5.69 Å². The van der Waals surface area contributed by atoms with Gasteiger partial charge in [-0.25, -0.2) is 4.79 Å². The van der Waals surface area contributed by atoms with Crippen molar-refractivity contribution in [3.63, 3.8) is 0 Å². The highest BCUT2D eigenvalue weighted by Crippen LogP contribution is 2.19. The largest absolute Gasteiger partial charge is 0.423 e. The molecule has 21 heavy (non-hydrogen) atoms. The second-order valence-electron chi connectivity index (χ2n) is 4.58. The Bertz CT molecular complexity index is 648. The first-order chi connectivity index (χ1) is 9.97. The number of anilines is 1. The van der Waals surface area contributed by atoms with Crippen molar-refractivity contribution in [2.24, 2.45) is 0 Å². The van der Waals surface area contributed by atoms with Crippen LogP contribution >= 0.6 is 0 Å². The van der Waals surface area contributed by atoms with E-state index in [1.165, 1.54) is 24.3 Å². The van der Waals surface area contributed by atoms with Gasteiger partial charge in [-0.3, -0.25) is 10.1 Å². The van der Waals surface area contributed by atoms with E-state index in [9.17, 15) is 14.9 Å². The number of nitro groups is 1. The van der Waals surface area contributed by atoms with Crippen LogP contribution in [0.5, 0.6) is 5.75 Å². The fourth-order valence-corrected chi connectivity index (χ4v) is 1.70. The van der Waals surface area contributed by atoms with Crippen molar-refractivity contribution in [2.45, 2.75) is 0 Å². The molecule has 2 rings (SSSR count). The molecule has 0 fully saturated rings. The molecule has 0 saturated carbocycles. The second-order valence-corrected chi connectivity index (χ2v) is 4.58. The molecule has 0 aromatic heterocycles. The Hall–Kier alpha value is -2.89. The average molecular weight is 286 g/mol. The van der Waals surface area contributed by atoms with Crippen LogP contribution in [-0.2, 0) is 0 Å². The van der Waals surface area contributed by atoms with Crippen LogP contribution in [0.2, 0.25) is 0 Å². The molecule has 0 heterocycles. The molecule has 0 saturated heterocycles. The maximum Gasteiger partial charge on any atom is 0.343 e. The van der Waals surface area contributed by atoms with E-state index in [2.05, 4.69) is 0 Å². The van der Waals surface area contributed by atoms with Gasteiger partial charge in [0.05, 0.1) is 10.5 Å². The first-order valence-corrected chi connectivity index (χ1v) is 6.21. The Kier molecular flexibility index (Phi) is 4.18. The average Bonchev–Trinajstić information content (AvgIpc) is 2.47. The first kappa shape index (κ1) is 14.5. The zero-order valence-corrected chi connectivity index (χ0v) is 11.6. The van der Waals surface area contributed by atoms with Crippen LogP contribution in [0.25, 0.3) is 0 Å². The van der Waals surface area contributed by atoms with Gasteiger partial charge in [0, 0.05) is 31.9 Å². The molecule has 6 heteroatoms. The number of nitrogens with zero attached hydrogens (tertiary/aromatic N) is 2. The van der Waals surface area contributed by atoms with E-state index in [1.807, 2.05) is 31.1 Å². The zero-order chi connectivity index (χ0) is 15.4. The lowest BCUT2D eigenvalue weighted by atomic mass is 10.2. The lowest BCUT2D eigenvalue weighted by molar-refractivity contribution is -0.384. The van der Waals surface area contributed by atoms with Crippen LogP contribution in [0.1, 0.15) is 10.4 Å². The smallest absolute Gasteiger partial charge is 0.343 e. The molecule has 0 radical (unpaired) electrons. The van der Waals surface area contributed by atoms with Crippen LogP contribution in [0.4, 0.5) is 11.4 Å². The lowest BCUT2D eigenvalue weighted by Gasteiger charge is -2.12. The molecule has 0 atom stereocenters. The van der Waals surface area contributed by atoms with Crippen molar-refractivity contribution >= 4 is 17.3 Å². The van der Waals surface area contributed by atoms with Gasteiger partial charge in [-0.1, -0.05) is 0 Å². The van der Waals surface area contributed by atoms with E-state index in [0.717, 1.165) is 5.69 Å². The van der Waals surface area contributed by atoms with E-state index < -0.39 is 10.9 Å². The fraction of sp³-hybridized carbons (Fsp3) is 0.133. The standard InChI is InChI=1S/C15H14N2O4/c1-16(2)12-5-3-11(4-6-12)15(18)21-14-9-7-13(8-10-14)17(19)20/h3-10H,1-2H3. The summed E-state index contributed by atoms with van der Waals surface area (Å²) in [5.41, 5.74) is 1.34. The highest BCUT2D eigenvalue weighted by Gasteiger charge is 2.10. The Labute approximate surface area is 121 Å². The van der Waals surface area contributed by atoms with Crippen molar-refractivity contribution in [1.29, 1.82) is 0 Å². The molecule has 0 aliphatic carbocycles. The second kappa shape index (κ2) is 6.04. The number of hydrogen-bond donors (Lipinski definition) is 0. The number of esters is 1. The normalized spacial score (nSPS) is 10.0. The number of non-ortho nitro benzene ring substituents is 1. The summed E-state index contributed by atoms with van der Waals surface area (Å²) in [4.78, 5) is 23.9. The number of carbonyl (C=O) groups is 1. The third kappa shape index (κ3) is 3.56. The van der Waals surface area contributed by atoms with Crippen molar-refractivity contribution in [3.05, 3.63) is 64.2 Å². The Morgan fingerprint density at radius 3 is 2.10 bits per heavy atom. The molecular weight excluding hydrogens is 272 g/mol. The van der Waals surface area contributed by atoms with Crippen LogP contribution in [0.15, 0.2) is 48.5 Å². The van der Waals surface area contributed by atoms with Gasteiger partial charge in [0.15, 0.2) is 0 Å². The lowest BCUT2D eigenvalue weighted by Crippen LogP contribution is -2.11. The molecule has 0 aliphatic heterocycles. The minimum atomic E-state index is -0.508. The van der Waals surface area contributed by atoms with Crippen molar-refractivity contribution in [1.82, 2.24) is 0 Å². The molecule has 0 spiro atoms. The predicted octanol–water partition coefficient (Wildman–Crippen LogP) is 2.88. The Morgan fingerprint density at radius 1 is 1.05 bits per heavy atom. The summed E-state index contributed by atoms with van der Waals surface area (Å²) < 4.78 is 5.16. The first-order valence-electron chi connectivity index (χ1n) is 6.21. The molecule has 108 valence electrons. The molecule has 0 amide bonds. The van der Waals surface area contributed by atoms with Gasteiger partial charge >= 0.3 is 5.97 Å². The number of hydrogen-bond acceptors (Lipinski definition) is 5. The SMILES string of the molecule is CN(C)c1ccc(C(=O)Oc2ccc([N+](=O)[O-])cc2)cc1. The Balaban J connectivity index is 2.08. The summed E-state index contributed by atoms with van der Waals surface area (Å²) in [6.45, 7) is 0. The van der Waals surface area contributed by atoms with Gasteiger partial charge in [-0.05, 0) is 36.4 Å². The third-order valence-electron chi connectivity index (χ3n) is 2.88. The van der Waals surface area contributed by atoms with E-state index in [4.69, 9.17) is 4.74 Å². The third-order valence-corrected chi connectivity index (χ3v) is 2.88. The zero-order valence-electron chi connectivity index (χ0n) is 11.6. The summed E-state index contributed by atoms with van der Waals surface area (Å²) in [6, 6.07) is 12.3. The van der Waals surface area contributed by atoms with Crippen LogP contribution in [-0.4, -0.2) is 25.0 Å². The van der Waals surface area contributed by atoms with Crippen LogP contribution < -0.4 is 9.64 Å². The van der Waals surface area contributed by atoms with Crippen molar-refractivity contribution in [3.8, 4) is 5.75 Å². The van der Waals surface area contributed by atoms with E-state index in [0.29, 0.717) is 5.56 Å². The van der Waals surface area contributed by atoms with E-state index in [1.54, 1.807) is 12.1 Å². The topological polar surface area (TPSA) is 72.7 Å². The number of nitro benzene ring substituents is 1. The van der Waals surface area contributed by atoms with Crippen LogP contribution in [0.3, 0.4) is 0 Å². The van der Waals surface area contributed by atoms with Gasteiger partial charge in [-0.15, -0.1) is 0 Å². The maximum absolute atomic E-state index is 11.9. The number of carbonyl (C=O) groups excluding carboxylic acids is 1. The molecule has 0 N–H and O–H groups in total. The predicted molar refractivity (Wildman–Crippen MR) is 78.8 cm³/mol. The summed E-state index contributed by atoms with van der Waals surface area (Å²) in [5, 5.41) is 10.5. The van der Waals surface area contributed by atoms with Gasteiger partial charge < -0.3 is 9.64 Å². The van der Waals surface area contributed by atoms with Crippen molar-refractivity contribution < 1.29 is 14.5 Å². The minimum Gasteiger partial charge on any atom is -0.423 e. The van der Waals surface area contributed by atoms with Gasteiger partial charge in [0.2, 0.25) is 0 Å². The molecular formula is C15H14N2O4. The van der Waals surface area contributed by atoms with E-state index in [-0.39, 0.29) is 11.4 Å². The van der Waals surface area contributed by atoms with Crippen LogP contribution in [0, 0.1) is 10.1 Å². The number of rotatable bonds is 4. The highest BCUT2D eigenvalue weighted by molar-refractivity contribution is 5.91. The van der Waals surface area contributed by atoms with Gasteiger partial charge in [-0.2, -0.15) is 0 Å². The molecule has 0 aliphatic rings. The molecule has 6 nitrogen and oxygen atoms in total. The number of benzene rings is 2. The number of ether oxygens (including phenoxy) is 1. The monoisotopic (exact) mass is 286 g/mol. The Morgan fingerprint density at radius 2 is 1.62 bits per heavy atom. The highest BCUT2D eigenvalue weighted by atomic mass is 16.6. The minimum absolute atomic E-state index is 0.0508. The molecule has 2 aromatic rings. The summed E-state index contributed by atoms with van der Waals surface area (Å²) in [5.74, 6) is -0.239. The summed E-state index contributed by atoms with van der Waals surface area (Å²) >= 11 is 0. The summed E-state index contributed by atoms with van der Waals surface area (Å²) in [7, 11) is 3.81. The van der Waals surface area contributed by atoms with Crippen molar-refractivity contribution in [2.75, 3.05) is 19.0 Å². The maximum atomic E-state index is 11.9. The van der Waals surface area contributed by atoms with E-state index >= 15 is 0 Å². The fourth-order valence-electron chi connectivity index (χ4n) is 1.70. The summed E-state index contributed by atoms with van der Waals surface area (Å²) in [6.07, 6.45) is 0. The molecule has 0 unspecified atom stereocenters. The molecule has 2 aromatic carbocycles.